The molecule has 1 amide bonds. The molecular formula is C17H15FN4OS. The zero-order valence-electron chi connectivity index (χ0n) is 13.1. The van der Waals surface area contributed by atoms with Gasteiger partial charge >= 0.3 is 0 Å². The number of thiocarbonyl (C=S) groups is 1. The van der Waals surface area contributed by atoms with Gasteiger partial charge in [-0.3, -0.25) is 4.79 Å². The molecule has 0 aliphatic rings. The summed E-state index contributed by atoms with van der Waals surface area (Å²) >= 11 is 5.18. The van der Waals surface area contributed by atoms with Crippen LogP contribution in [0.15, 0.2) is 36.4 Å². The fourth-order valence-corrected chi connectivity index (χ4v) is 2.31. The lowest BCUT2D eigenvalue weighted by molar-refractivity contribution is 0.0959. The maximum Gasteiger partial charge on any atom is 0.253 e. The van der Waals surface area contributed by atoms with Crippen molar-refractivity contribution < 1.29 is 9.18 Å². The van der Waals surface area contributed by atoms with Crippen molar-refractivity contribution >= 4 is 34.6 Å². The third kappa shape index (κ3) is 4.06. The summed E-state index contributed by atoms with van der Waals surface area (Å²) in [6.45, 7) is 1.83. The molecule has 0 saturated heterocycles. The van der Waals surface area contributed by atoms with Gasteiger partial charge in [-0.1, -0.05) is 0 Å². The van der Waals surface area contributed by atoms with Crippen molar-refractivity contribution in [1.29, 1.82) is 5.26 Å². The Morgan fingerprint density at radius 3 is 2.33 bits per heavy atom. The van der Waals surface area contributed by atoms with E-state index in [2.05, 4.69) is 22.0 Å². The van der Waals surface area contributed by atoms with E-state index in [1.54, 1.807) is 24.3 Å². The number of nitrogens with zero attached hydrogens (tertiary/aromatic N) is 1. The highest BCUT2D eigenvalue weighted by molar-refractivity contribution is 7.80. The van der Waals surface area contributed by atoms with Gasteiger partial charge in [-0.15, -0.1) is 0 Å². The summed E-state index contributed by atoms with van der Waals surface area (Å²) in [6, 6.07) is 11.4. The summed E-state index contributed by atoms with van der Waals surface area (Å²) in [4.78, 5) is 11.5. The molecule has 0 spiro atoms. The highest BCUT2D eigenvalue weighted by atomic mass is 32.1. The van der Waals surface area contributed by atoms with Crippen LogP contribution < -0.4 is 16.0 Å². The fraction of sp³-hybridized carbons (Fsp3) is 0.118. The van der Waals surface area contributed by atoms with Crippen LogP contribution in [0.4, 0.5) is 15.8 Å². The molecule has 0 unspecified atom stereocenters. The Bertz CT molecular complexity index is 845. The molecule has 0 aromatic heterocycles. The number of aryl methyl sites for hydroxylation is 1. The SMILES string of the molecule is CNC(=O)c1ccc(NC(=S)Nc2ccc(C#N)c(C)c2)cc1F. The largest absolute Gasteiger partial charge is 0.355 e. The summed E-state index contributed by atoms with van der Waals surface area (Å²) in [5.41, 5.74) is 2.51. The van der Waals surface area contributed by atoms with E-state index >= 15 is 0 Å². The van der Waals surface area contributed by atoms with Gasteiger partial charge in [0.15, 0.2) is 5.11 Å². The number of carbonyl (C=O) groups excluding carboxylic acids is 1. The van der Waals surface area contributed by atoms with Gasteiger partial charge in [0.05, 0.1) is 17.2 Å². The minimum Gasteiger partial charge on any atom is -0.355 e. The second kappa shape index (κ2) is 7.53. The molecule has 2 rings (SSSR count). The third-order valence-electron chi connectivity index (χ3n) is 3.30. The van der Waals surface area contributed by atoms with Crippen LogP contribution in [-0.4, -0.2) is 18.1 Å². The van der Waals surface area contributed by atoms with Crippen molar-refractivity contribution in [3.63, 3.8) is 0 Å². The van der Waals surface area contributed by atoms with Crippen LogP contribution in [0.25, 0.3) is 0 Å². The summed E-state index contributed by atoms with van der Waals surface area (Å²) < 4.78 is 13.9. The van der Waals surface area contributed by atoms with E-state index < -0.39 is 11.7 Å². The molecule has 5 nitrogen and oxygen atoms in total. The average Bonchev–Trinajstić information content (AvgIpc) is 2.54. The zero-order valence-corrected chi connectivity index (χ0v) is 13.9. The standard InChI is InChI=1S/C17H15FN4OS/c1-10-7-12(4-3-11(10)9-19)21-17(24)22-13-5-6-14(15(18)8-13)16(23)20-2/h3-8H,1-2H3,(H,20,23)(H2,21,22,24). The number of nitrogens with one attached hydrogen (secondary N) is 3. The molecule has 7 heteroatoms. The Kier molecular flexibility index (Phi) is 5.45. The van der Waals surface area contributed by atoms with E-state index in [1.807, 2.05) is 6.92 Å². The first-order chi connectivity index (χ1) is 11.4. The van der Waals surface area contributed by atoms with Gasteiger partial charge in [0, 0.05) is 18.4 Å². The van der Waals surface area contributed by atoms with Crippen LogP contribution in [-0.2, 0) is 0 Å². The quantitative estimate of drug-likeness (QED) is 0.747. The minimum atomic E-state index is -0.642. The molecule has 24 heavy (non-hydrogen) atoms. The molecule has 2 aromatic rings. The summed E-state index contributed by atoms with van der Waals surface area (Å²) in [5, 5.41) is 17.4. The number of nitriles is 1. The van der Waals surface area contributed by atoms with Crippen molar-refractivity contribution in [1.82, 2.24) is 5.32 Å². The van der Waals surface area contributed by atoms with Gasteiger partial charge in [-0.2, -0.15) is 5.26 Å². The van der Waals surface area contributed by atoms with Crippen LogP contribution in [0.2, 0.25) is 0 Å². The number of anilines is 2. The van der Waals surface area contributed by atoms with E-state index in [1.165, 1.54) is 19.2 Å². The fourth-order valence-electron chi connectivity index (χ4n) is 2.07. The van der Waals surface area contributed by atoms with Crippen molar-refractivity contribution in [2.24, 2.45) is 0 Å². The van der Waals surface area contributed by atoms with Gasteiger partial charge in [0.2, 0.25) is 0 Å². The van der Waals surface area contributed by atoms with E-state index in [4.69, 9.17) is 17.5 Å². The Morgan fingerprint density at radius 2 is 1.79 bits per heavy atom. The van der Waals surface area contributed by atoms with Crippen LogP contribution in [0.1, 0.15) is 21.5 Å². The Morgan fingerprint density at radius 1 is 1.17 bits per heavy atom. The molecule has 0 aliphatic carbocycles. The van der Waals surface area contributed by atoms with E-state index in [0.717, 1.165) is 5.56 Å². The molecule has 0 fully saturated rings. The van der Waals surface area contributed by atoms with E-state index in [9.17, 15) is 9.18 Å². The van der Waals surface area contributed by atoms with E-state index in [-0.39, 0.29) is 10.7 Å². The highest BCUT2D eigenvalue weighted by Gasteiger charge is 2.11. The number of amides is 1. The van der Waals surface area contributed by atoms with Gasteiger partial charge < -0.3 is 16.0 Å². The summed E-state index contributed by atoms with van der Waals surface area (Å²) in [6.07, 6.45) is 0. The molecule has 0 radical (unpaired) electrons. The maximum atomic E-state index is 13.9. The maximum absolute atomic E-state index is 13.9. The van der Waals surface area contributed by atoms with Crippen LogP contribution in [0.5, 0.6) is 0 Å². The molecule has 2 aromatic carbocycles. The lowest BCUT2D eigenvalue weighted by atomic mass is 10.1. The first-order valence-electron chi connectivity index (χ1n) is 7.05. The molecule has 122 valence electrons. The van der Waals surface area contributed by atoms with Gasteiger partial charge in [0.25, 0.3) is 5.91 Å². The average molecular weight is 342 g/mol. The zero-order chi connectivity index (χ0) is 17.7. The predicted molar refractivity (Wildman–Crippen MR) is 95.5 cm³/mol. The molecule has 0 heterocycles. The molecule has 0 saturated carbocycles. The van der Waals surface area contributed by atoms with Gasteiger partial charge in [-0.05, 0) is 61.1 Å². The lowest BCUT2D eigenvalue weighted by Crippen LogP contribution is -2.21. The van der Waals surface area contributed by atoms with Crippen molar-refractivity contribution in [2.45, 2.75) is 6.92 Å². The number of halogens is 1. The van der Waals surface area contributed by atoms with E-state index in [0.29, 0.717) is 16.9 Å². The Balaban J connectivity index is 2.07. The monoisotopic (exact) mass is 342 g/mol. The highest BCUT2D eigenvalue weighted by Crippen LogP contribution is 2.17. The normalized spacial score (nSPS) is 9.75. The molecule has 0 aliphatic heterocycles. The summed E-state index contributed by atoms with van der Waals surface area (Å²) in [5.74, 6) is -1.14. The molecule has 3 N–H and O–H groups in total. The van der Waals surface area contributed by atoms with Crippen molar-refractivity contribution in [3.05, 3.63) is 58.9 Å². The van der Waals surface area contributed by atoms with Crippen LogP contribution >= 0.6 is 12.2 Å². The smallest absolute Gasteiger partial charge is 0.253 e. The number of hydrogen-bond acceptors (Lipinski definition) is 3. The number of benzene rings is 2. The second-order valence-corrected chi connectivity index (χ2v) is 5.40. The first-order valence-corrected chi connectivity index (χ1v) is 7.46. The van der Waals surface area contributed by atoms with Crippen molar-refractivity contribution in [3.8, 4) is 6.07 Å². The van der Waals surface area contributed by atoms with Crippen LogP contribution in [0, 0.1) is 24.1 Å². The first kappa shape index (κ1) is 17.4. The van der Waals surface area contributed by atoms with Crippen LogP contribution in [0.3, 0.4) is 0 Å². The topological polar surface area (TPSA) is 77.0 Å². The molecule has 0 atom stereocenters. The molecular weight excluding hydrogens is 327 g/mol. The Hall–Kier alpha value is -2.98. The van der Waals surface area contributed by atoms with Crippen molar-refractivity contribution in [2.75, 3.05) is 17.7 Å². The number of carbonyl (C=O) groups is 1. The Labute approximate surface area is 144 Å². The minimum absolute atomic E-state index is 0.0374. The van der Waals surface area contributed by atoms with Gasteiger partial charge in [-0.25, -0.2) is 4.39 Å². The second-order valence-electron chi connectivity index (χ2n) is 4.99. The predicted octanol–water partition coefficient (Wildman–Crippen LogP) is 3.17. The van der Waals surface area contributed by atoms with Gasteiger partial charge in [0.1, 0.15) is 5.82 Å². The summed E-state index contributed by atoms with van der Waals surface area (Å²) in [7, 11) is 1.44. The lowest BCUT2D eigenvalue weighted by Gasteiger charge is -2.12. The molecule has 0 bridgehead atoms. The number of hydrogen-bond donors (Lipinski definition) is 3. The number of rotatable bonds is 3. The third-order valence-corrected chi connectivity index (χ3v) is 3.51.